The predicted molar refractivity (Wildman–Crippen MR) is 99.1 cm³/mol. The quantitative estimate of drug-likeness (QED) is 0.585. The van der Waals surface area contributed by atoms with Crippen molar-refractivity contribution >= 4 is 50.4 Å². The van der Waals surface area contributed by atoms with E-state index in [-0.39, 0.29) is 5.41 Å². The van der Waals surface area contributed by atoms with Gasteiger partial charge in [0.1, 0.15) is 5.00 Å². The first-order chi connectivity index (χ1) is 10.8. The number of rotatable bonds is 3. The number of hydrogen-bond donors (Lipinski definition) is 0. The van der Waals surface area contributed by atoms with Crippen molar-refractivity contribution in [3.05, 3.63) is 26.0 Å². The Kier molecular flexibility index (Phi) is 4.65. The van der Waals surface area contributed by atoms with Gasteiger partial charge in [0.05, 0.1) is 9.48 Å². The van der Waals surface area contributed by atoms with Crippen molar-refractivity contribution < 1.29 is 0 Å². The predicted octanol–water partition coefficient (Wildman–Crippen LogP) is 5.01. The Morgan fingerprint density at radius 2 is 1.96 bits per heavy atom. The van der Waals surface area contributed by atoms with Crippen LogP contribution >= 0.6 is 50.4 Å². The first-order valence-corrected chi connectivity index (χ1v) is 10.2. The molecule has 0 radical (unpaired) electrons. The molecule has 0 amide bonds. The molecule has 0 aliphatic rings. The van der Waals surface area contributed by atoms with Gasteiger partial charge in [-0.3, -0.25) is 0 Å². The molecule has 0 aliphatic heterocycles. The SMILES string of the molecule is Cc1cc(-n2nnnc2Sc2nc(C(C)(C)C)c(Br)s2)sc1C. The standard InChI is InChI=1S/C14H16BrN5S3/c1-7-6-9(21-8(7)2)20-12(17-18-19-20)23-13-16-10(11(15)22-13)14(3,4)5/h6H,1-5H3. The monoisotopic (exact) mass is 429 g/mol. The number of tetrazole rings is 1. The molecule has 3 aromatic rings. The number of nitrogens with zero attached hydrogens (tertiary/aromatic N) is 5. The summed E-state index contributed by atoms with van der Waals surface area (Å²) in [5.74, 6) is 0. The minimum absolute atomic E-state index is 0.00203. The molecule has 0 saturated heterocycles. The summed E-state index contributed by atoms with van der Waals surface area (Å²) in [5, 5.41) is 13.9. The molecular weight excluding hydrogens is 414 g/mol. The van der Waals surface area contributed by atoms with E-state index in [0.29, 0.717) is 0 Å². The fourth-order valence-corrected chi connectivity index (χ4v) is 6.38. The molecule has 0 atom stereocenters. The van der Waals surface area contributed by atoms with Gasteiger partial charge >= 0.3 is 0 Å². The van der Waals surface area contributed by atoms with Crippen molar-refractivity contribution in [3.63, 3.8) is 0 Å². The smallest absolute Gasteiger partial charge is 0.221 e. The summed E-state index contributed by atoms with van der Waals surface area (Å²) in [4.78, 5) is 6.02. The highest BCUT2D eigenvalue weighted by atomic mass is 79.9. The summed E-state index contributed by atoms with van der Waals surface area (Å²) in [5.41, 5.74) is 2.32. The van der Waals surface area contributed by atoms with E-state index in [9.17, 15) is 0 Å². The van der Waals surface area contributed by atoms with Crippen molar-refractivity contribution in [2.45, 2.75) is 49.5 Å². The van der Waals surface area contributed by atoms with Crippen LogP contribution in [-0.2, 0) is 5.41 Å². The molecule has 0 fully saturated rings. The number of aryl methyl sites for hydroxylation is 2. The van der Waals surface area contributed by atoms with Crippen LogP contribution in [0.3, 0.4) is 0 Å². The molecule has 0 aliphatic carbocycles. The highest BCUT2D eigenvalue weighted by molar-refractivity contribution is 9.11. The maximum Gasteiger partial charge on any atom is 0.221 e. The fraction of sp³-hybridized carbons (Fsp3) is 0.429. The van der Waals surface area contributed by atoms with E-state index < -0.39 is 0 Å². The average Bonchev–Trinajstić information content (AvgIpc) is 3.11. The van der Waals surface area contributed by atoms with Gasteiger partial charge in [0.25, 0.3) is 0 Å². The average molecular weight is 430 g/mol. The number of hydrogen-bond acceptors (Lipinski definition) is 7. The van der Waals surface area contributed by atoms with Crippen LogP contribution in [0.15, 0.2) is 19.3 Å². The van der Waals surface area contributed by atoms with Gasteiger partial charge in [-0.05, 0) is 63.6 Å². The molecule has 23 heavy (non-hydrogen) atoms. The van der Waals surface area contributed by atoms with E-state index in [1.54, 1.807) is 27.4 Å². The van der Waals surface area contributed by atoms with E-state index in [0.717, 1.165) is 24.0 Å². The first-order valence-electron chi connectivity index (χ1n) is 6.96. The van der Waals surface area contributed by atoms with Crippen molar-refractivity contribution in [2.75, 3.05) is 0 Å². The highest BCUT2D eigenvalue weighted by Gasteiger charge is 2.23. The largest absolute Gasteiger partial charge is 0.232 e. The fourth-order valence-electron chi connectivity index (χ4n) is 1.91. The van der Waals surface area contributed by atoms with Crippen LogP contribution in [0.25, 0.3) is 5.00 Å². The molecule has 0 saturated carbocycles. The zero-order valence-corrected chi connectivity index (χ0v) is 17.5. The molecule has 0 aromatic carbocycles. The Morgan fingerprint density at radius 3 is 2.52 bits per heavy atom. The molecule has 0 bridgehead atoms. The normalized spacial score (nSPS) is 12.1. The zero-order chi connectivity index (χ0) is 16.8. The molecule has 3 rings (SSSR count). The lowest BCUT2D eigenvalue weighted by Gasteiger charge is -2.15. The van der Waals surface area contributed by atoms with Crippen molar-refractivity contribution in [3.8, 4) is 5.00 Å². The minimum Gasteiger partial charge on any atom is -0.232 e. The maximum atomic E-state index is 4.74. The maximum absolute atomic E-state index is 4.74. The highest BCUT2D eigenvalue weighted by Crippen LogP contribution is 2.40. The van der Waals surface area contributed by atoms with Crippen LogP contribution in [0, 0.1) is 13.8 Å². The van der Waals surface area contributed by atoms with Crippen molar-refractivity contribution in [1.82, 2.24) is 25.2 Å². The number of thiophene rings is 1. The summed E-state index contributed by atoms with van der Waals surface area (Å²) in [7, 11) is 0. The second-order valence-corrected chi connectivity index (χ2v) is 10.9. The summed E-state index contributed by atoms with van der Waals surface area (Å²) in [6, 6.07) is 2.11. The molecule has 0 N–H and O–H groups in total. The van der Waals surface area contributed by atoms with Gasteiger partial charge in [-0.1, -0.05) is 32.1 Å². The molecular formula is C14H16BrN5S3. The lowest BCUT2D eigenvalue weighted by Crippen LogP contribution is -2.12. The van der Waals surface area contributed by atoms with Crippen LogP contribution in [0.5, 0.6) is 0 Å². The van der Waals surface area contributed by atoms with Gasteiger partial charge in [0.15, 0.2) is 4.34 Å². The van der Waals surface area contributed by atoms with Gasteiger partial charge in [-0.25, -0.2) is 4.98 Å². The van der Waals surface area contributed by atoms with Crippen molar-refractivity contribution in [1.29, 1.82) is 0 Å². The van der Waals surface area contributed by atoms with E-state index >= 15 is 0 Å². The summed E-state index contributed by atoms with van der Waals surface area (Å²) >= 11 is 8.42. The number of aromatic nitrogens is 5. The van der Waals surface area contributed by atoms with E-state index in [4.69, 9.17) is 4.98 Å². The zero-order valence-electron chi connectivity index (χ0n) is 13.4. The Balaban J connectivity index is 1.92. The second-order valence-electron chi connectivity index (χ2n) is 6.15. The van der Waals surface area contributed by atoms with Crippen LogP contribution in [0.1, 0.15) is 36.9 Å². The van der Waals surface area contributed by atoms with Gasteiger partial charge in [0, 0.05) is 10.3 Å². The Labute approximate surface area is 155 Å². The second kappa shape index (κ2) is 6.27. The third-order valence-corrected chi connectivity index (χ3v) is 7.09. The van der Waals surface area contributed by atoms with Crippen LogP contribution in [0.2, 0.25) is 0 Å². The molecule has 3 heterocycles. The lowest BCUT2D eigenvalue weighted by atomic mass is 9.93. The summed E-state index contributed by atoms with van der Waals surface area (Å²) in [6.45, 7) is 10.7. The molecule has 9 heteroatoms. The Morgan fingerprint density at radius 1 is 1.22 bits per heavy atom. The van der Waals surface area contributed by atoms with Crippen molar-refractivity contribution in [2.24, 2.45) is 0 Å². The topological polar surface area (TPSA) is 56.5 Å². The van der Waals surface area contributed by atoms with Gasteiger partial charge in [-0.15, -0.1) is 16.4 Å². The van der Waals surface area contributed by atoms with E-state index in [2.05, 4.69) is 72.1 Å². The first kappa shape index (κ1) is 17.1. The summed E-state index contributed by atoms with van der Waals surface area (Å²) < 4.78 is 3.78. The third-order valence-electron chi connectivity index (χ3n) is 3.26. The lowest BCUT2D eigenvalue weighted by molar-refractivity contribution is 0.566. The Hall–Kier alpha value is -0.770. The van der Waals surface area contributed by atoms with Gasteiger partial charge in [-0.2, -0.15) is 4.68 Å². The van der Waals surface area contributed by atoms with Gasteiger partial charge in [0.2, 0.25) is 5.16 Å². The number of thiazole rings is 1. The Bertz CT molecular complexity index is 824. The third kappa shape index (κ3) is 3.52. The van der Waals surface area contributed by atoms with E-state index in [1.165, 1.54) is 22.2 Å². The van der Waals surface area contributed by atoms with Crippen LogP contribution in [-0.4, -0.2) is 25.2 Å². The van der Waals surface area contributed by atoms with E-state index in [1.807, 2.05) is 0 Å². The number of halogens is 1. The molecule has 3 aromatic heterocycles. The summed E-state index contributed by atoms with van der Waals surface area (Å²) in [6.07, 6.45) is 0. The van der Waals surface area contributed by atoms with Crippen LogP contribution < -0.4 is 0 Å². The minimum atomic E-state index is 0.00203. The molecule has 0 spiro atoms. The molecule has 5 nitrogen and oxygen atoms in total. The van der Waals surface area contributed by atoms with Gasteiger partial charge < -0.3 is 0 Å². The van der Waals surface area contributed by atoms with Crippen LogP contribution in [0.4, 0.5) is 0 Å². The molecule has 0 unspecified atom stereocenters. The molecule has 122 valence electrons.